The number of benzene rings is 1. The van der Waals surface area contributed by atoms with Crippen LogP contribution in [-0.4, -0.2) is 17.7 Å². The van der Waals surface area contributed by atoms with Gasteiger partial charge in [0.1, 0.15) is 28.9 Å². The van der Waals surface area contributed by atoms with Gasteiger partial charge in [-0.1, -0.05) is 26.2 Å². The zero-order valence-corrected chi connectivity index (χ0v) is 14.2. The summed E-state index contributed by atoms with van der Waals surface area (Å²) < 4.78 is 11.3. The first-order valence-electron chi connectivity index (χ1n) is 8.32. The number of carbonyl (C=O) groups is 1. The second kappa shape index (κ2) is 9.33. The average molecular weight is 339 g/mol. The van der Waals surface area contributed by atoms with Crippen LogP contribution in [0.1, 0.15) is 38.4 Å². The Morgan fingerprint density at radius 1 is 1.20 bits per heavy atom. The molecule has 1 aromatic heterocycles. The lowest BCUT2D eigenvalue weighted by Crippen LogP contribution is -1.97. The van der Waals surface area contributed by atoms with Gasteiger partial charge in [-0.15, -0.1) is 0 Å². The van der Waals surface area contributed by atoms with Crippen LogP contribution >= 0.6 is 0 Å². The smallest absolute Gasteiger partial charge is 0.346 e. The van der Waals surface area contributed by atoms with Gasteiger partial charge in [-0.3, -0.25) is 0 Å². The number of aliphatic carboxylic acids is 1. The number of unbranched alkanes of at least 4 members (excludes halogenated alkanes) is 3. The average Bonchev–Trinajstić information content (AvgIpc) is 3.08. The summed E-state index contributed by atoms with van der Waals surface area (Å²) in [5, 5.41) is 17.6. The lowest BCUT2D eigenvalue weighted by molar-refractivity contribution is -0.132. The van der Waals surface area contributed by atoms with Gasteiger partial charge in [0.15, 0.2) is 0 Å². The first-order valence-corrected chi connectivity index (χ1v) is 8.32. The number of hydrogen-bond donors (Lipinski definition) is 1. The van der Waals surface area contributed by atoms with Crippen molar-refractivity contribution in [1.82, 2.24) is 0 Å². The molecule has 0 saturated heterocycles. The summed E-state index contributed by atoms with van der Waals surface area (Å²) in [5.41, 5.74) is 0.486. The number of hydrogen-bond acceptors (Lipinski definition) is 4. The topological polar surface area (TPSA) is 83.5 Å². The Hall–Kier alpha value is -3.00. The number of ether oxygens (including phenoxy) is 1. The molecule has 0 bridgehead atoms. The third-order valence-electron chi connectivity index (χ3n) is 3.67. The normalized spacial score (nSPS) is 11.1. The van der Waals surface area contributed by atoms with E-state index in [1.165, 1.54) is 25.3 Å². The number of rotatable bonds is 9. The van der Waals surface area contributed by atoms with E-state index in [2.05, 4.69) is 6.92 Å². The molecular formula is C20H21NO4. The lowest BCUT2D eigenvalue weighted by Gasteiger charge is -2.06. The molecule has 0 spiro atoms. The molecule has 0 saturated carbocycles. The molecule has 25 heavy (non-hydrogen) atoms. The molecule has 0 fully saturated rings. The highest BCUT2D eigenvalue weighted by Crippen LogP contribution is 2.25. The van der Waals surface area contributed by atoms with Crippen molar-refractivity contribution >= 4 is 12.0 Å². The fraction of sp³-hybridized carbons (Fsp3) is 0.300. The van der Waals surface area contributed by atoms with Crippen LogP contribution < -0.4 is 4.74 Å². The van der Waals surface area contributed by atoms with Gasteiger partial charge in [0.2, 0.25) is 0 Å². The summed E-state index contributed by atoms with van der Waals surface area (Å²) in [7, 11) is 0. The maximum atomic E-state index is 10.8. The van der Waals surface area contributed by atoms with E-state index in [0.29, 0.717) is 18.1 Å². The molecule has 2 rings (SSSR count). The van der Waals surface area contributed by atoms with Crippen molar-refractivity contribution in [2.45, 2.75) is 32.6 Å². The Morgan fingerprint density at radius 3 is 2.60 bits per heavy atom. The van der Waals surface area contributed by atoms with Gasteiger partial charge in [-0.25, -0.2) is 4.79 Å². The highest BCUT2D eigenvalue weighted by Gasteiger charge is 2.09. The molecule has 1 aromatic carbocycles. The van der Waals surface area contributed by atoms with Crippen LogP contribution in [0.3, 0.4) is 0 Å². The molecule has 0 atom stereocenters. The van der Waals surface area contributed by atoms with E-state index in [4.69, 9.17) is 19.5 Å². The Morgan fingerprint density at radius 2 is 1.96 bits per heavy atom. The highest BCUT2D eigenvalue weighted by molar-refractivity contribution is 5.96. The monoisotopic (exact) mass is 339 g/mol. The van der Waals surface area contributed by atoms with Crippen LogP contribution in [0.15, 0.2) is 46.4 Å². The van der Waals surface area contributed by atoms with Gasteiger partial charge in [0.25, 0.3) is 0 Å². The van der Waals surface area contributed by atoms with Gasteiger partial charge in [0.05, 0.1) is 6.61 Å². The van der Waals surface area contributed by atoms with Crippen molar-refractivity contribution in [3.8, 4) is 23.1 Å². The highest BCUT2D eigenvalue weighted by atomic mass is 16.5. The minimum Gasteiger partial charge on any atom is -0.494 e. The summed E-state index contributed by atoms with van der Waals surface area (Å²) in [6, 6.07) is 12.5. The SMILES string of the molecule is CCCCCCOc1ccc(-c2ccc(/C=C(/C#N)C(=O)O)o2)cc1. The van der Waals surface area contributed by atoms with Crippen molar-refractivity contribution in [2.24, 2.45) is 0 Å². The Bertz CT molecular complexity index is 766. The molecule has 0 aliphatic rings. The fourth-order valence-electron chi connectivity index (χ4n) is 2.30. The van der Waals surface area contributed by atoms with Crippen molar-refractivity contribution < 1.29 is 19.1 Å². The number of nitriles is 1. The van der Waals surface area contributed by atoms with E-state index in [0.717, 1.165) is 17.7 Å². The summed E-state index contributed by atoms with van der Waals surface area (Å²) in [6.45, 7) is 2.89. The predicted molar refractivity (Wildman–Crippen MR) is 95.0 cm³/mol. The number of furan rings is 1. The maximum Gasteiger partial charge on any atom is 0.346 e. The van der Waals surface area contributed by atoms with Gasteiger partial charge in [-0.2, -0.15) is 5.26 Å². The Balaban J connectivity index is 1.99. The molecule has 0 amide bonds. The maximum absolute atomic E-state index is 10.8. The quantitative estimate of drug-likeness (QED) is 0.399. The molecule has 0 unspecified atom stereocenters. The molecule has 130 valence electrons. The summed E-state index contributed by atoms with van der Waals surface area (Å²) in [6.07, 6.45) is 5.87. The van der Waals surface area contributed by atoms with Gasteiger partial charge >= 0.3 is 5.97 Å². The molecule has 0 aliphatic carbocycles. The Labute approximate surface area is 147 Å². The zero-order valence-electron chi connectivity index (χ0n) is 14.2. The Kier molecular flexibility index (Phi) is 6.85. The molecule has 2 aromatic rings. The minimum absolute atomic E-state index is 0.324. The van der Waals surface area contributed by atoms with Crippen LogP contribution in [0.2, 0.25) is 0 Å². The standard InChI is InChI=1S/C20H21NO4/c1-2-3-4-5-12-24-17-8-6-15(7-9-17)19-11-10-18(25-19)13-16(14-21)20(22)23/h6-11,13H,2-5,12H2,1H3,(H,22,23)/b16-13-. The zero-order chi connectivity index (χ0) is 18.1. The van der Waals surface area contributed by atoms with E-state index >= 15 is 0 Å². The van der Waals surface area contributed by atoms with Crippen LogP contribution in [-0.2, 0) is 4.79 Å². The fourth-order valence-corrected chi connectivity index (χ4v) is 2.30. The molecule has 0 radical (unpaired) electrons. The first-order chi connectivity index (χ1) is 12.1. The summed E-state index contributed by atoms with van der Waals surface area (Å²) in [5.74, 6) is 0.457. The minimum atomic E-state index is -1.28. The van der Waals surface area contributed by atoms with Gasteiger partial charge in [0, 0.05) is 11.6 Å². The van der Waals surface area contributed by atoms with Crippen LogP contribution in [0.4, 0.5) is 0 Å². The molecular weight excluding hydrogens is 318 g/mol. The predicted octanol–water partition coefficient (Wildman–Crippen LogP) is 4.90. The summed E-state index contributed by atoms with van der Waals surface area (Å²) >= 11 is 0. The molecule has 0 aliphatic heterocycles. The van der Waals surface area contributed by atoms with Crippen molar-refractivity contribution in [3.63, 3.8) is 0 Å². The third kappa shape index (κ3) is 5.54. The second-order valence-electron chi connectivity index (χ2n) is 5.61. The molecule has 5 nitrogen and oxygen atoms in total. The van der Waals surface area contributed by atoms with Gasteiger partial charge in [-0.05, 0) is 42.8 Å². The van der Waals surface area contributed by atoms with Crippen molar-refractivity contribution in [1.29, 1.82) is 5.26 Å². The molecule has 1 N–H and O–H groups in total. The van der Waals surface area contributed by atoms with E-state index in [-0.39, 0.29) is 5.57 Å². The van der Waals surface area contributed by atoms with E-state index in [9.17, 15) is 4.79 Å². The van der Waals surface area contributed by atoms with E-state index < -0.39 is 5.97 Å². The molecule has 5 heteroatoms. The van der Waals surface area contributed by atoms with Crippen LogP contribution in [0.25, 0.3) is 17.4 Å². The molecule has 1 heterocycles. The second-order valence-corrected chi connectivity index (χ2v) is 5.61. The number of nitrogens with zero attached hydrogens (tertiary/aromatic N) is 1. The van der Waals surface area contributed by atoms with E-state index in [1.54, 1.807) is 18.2 Å². The van der Waals surface area contributed by atoms with E-state index in [1.807, 2.05) is 24.3 Å². The largest absolute Gasteiger partial charge is 0.494 e. The van der Waals surface area contributed by atoms with Gasteiger partial charge < -0.3 is 14.3 Å². The first kappa shape index (κ1) is 18.3. The van der Waals surface area contributed by atoms with Crippen molar-refractivity contribution in [3.05, 3.63) is 47.7 Å². The lowest BCUT2D eigenvalue weighted by atomic mass is 10.1. The van der Waals surface area contributed by atoms with Crippen LogP contribution in [0.5, 0.6) is 5.75 Å². The number of carboxylic acid groups (broad SMARTS) is 1. The summed E-state index contributed by atoms with van der Waals surface area (Å²) in [4.78, 5) is 10.8. The van der Waals surface area contributed by atoms with Crippen molar-refractivity contribution in [2.75, 3.05) is 6.61 Å². The number of carboxylic acids is 1. The third-order valence-corrected chi connectivity index (χ3v) is 3.67. The van der Waals surface area contributed by atoms with Crippen LogP contribution in [0, 0.1) is 11.3 Å².